The Morgan fingerprint density at radius 3 is 2.35 bits per heavy atom. The second kappa shape index (κ2) is 10.7. The molecular weight excluding hydrogens is 504 g/mol. The van der Waals surface area contributed by atoms with Gasteiger partial charge in [-0.1, -0.05) is 29.8 Å². The predicted octanol–water partition coefficient (Wildman–Crippen LogP) is 4.76. The average Bonchev–Trinajstić information content (AvgIpc) is 2.79. The summed E-state index contributed by atoms with van der Waals surface area (Å²) in [6.07, 6.45) is 0. The summed E-state index contributed by atoms with van der Waals surface area (Å²) in [4.78, 5) is 35.4. The number of rotatable bonds is 9. The van der Waals surface area contributed by atoms with Crippen LogP contribution in [0.3, 0.4) is 0 Å². The van der Waals surface area contributed by atoms with E-state index in [0.717, 1.165) is 6.07 Å². The van der Waals surface area contributed by atoms with E-state index in [0.29, 0.717) is 15.6 Å². The number of nitrogens with zero attached hydrogens (tertiary/aromatic N) is 1. The molecule has 0 unspecified atom stereocenters. The van der Waals surface area contributed by atoms with Gasteiger partial charge in [0.15, 0.2) is 9.84 Å². The molecule has 3 aromatic carbocycles. The van der Waals surface area contributed by atoms with Crippen LogP contribution >= 0.6 is 23.4 Å². The molecule has 0 aromatic heterocycles. The summed E-state index contributed by atoms with van der Waals surface area (Å²) in [6.45, 7) is 0. The van der Waals surface area contributed by atoms with Crippen LogP contribution in [-0.4, -0.2) is 41.8 Å². The third-order valence-electron chi connectivity index (χ3n) is 4.62. The fraction of sp³-hybridized carbons (Fsp3) is 0.0909. The second-order valence-corrected chi connectivity index (χ2v) is 10.5. The number of aromatic carboxylic acids is 1. The third-order valence-corrected chi connectivity index (χ3v) is 7.93. The van der Waals surface area contributed by atoms with E-state index in [1.165, 1.54) is 48.2 Å². The molecule has 12 heteroatoms. The number of nitro benzene ring substituents is 1. The van der Waals surface area contributed by atoms with Crippen molar-refractivity contribution in [1.29, 1.82) is 0 Å². The highest BCUT2D eigenvalue weighted by Crippen LogP contribution is 2.29. The second-order valence-electron chi connectivity index (χ2n) is 6.83. The molecule has 0 fully saturated rings. The molecular formula is C22H17ClN2O7S2. The molecule has 0 atom stereocenters. The number of hydrogen-bond acceptors (Lipinski definition) is 7. The van der Waals surface area contributed by atoms with Crippen molar-refractivity contribution in [1.82, 2.24) is 0 Å². The van der Waals surface area contributed by atoms with Crippen LogP contribution in [0, 0.1) is 10.1 Å². The Bertz CT molecular complexity index is 1360. The summed E-state index contributed by atoms with van der Waals surface area (Å²) in [5, 5.41) is 23.6. The molecule has 34 heavy (non-hydrogen) atoms. The van der Waals surface area contributed by atoms with Crippen LogP contribution in [0.2, 0.25) is 5.02 Å². The Balaban J connectivity index is 1.77. The van der Waals surface area contributed by atoms with E-state index >= 15 is 0 Å². The topological polar surface area (TPSA) is 144 Å². The summed E-state index contributed by atoms with van der Waals surface area (Å²) in [5.74, 6) is -2.44. The predicted molar refractivity (Wildman–Crippen MR) is 129 cm³/mol. The number of carbonyl (C=O) groups excluding carboxylic acids is 1. The number of hydrogen-bond donors (Lipinski definition) is 2. The van der Waals surface area contributed by atoms with E-state index in [-0.39, 0.29) is 22.0 Å². The zero-order chi connectivity index (χ0) is 24.9. The summed E-state index contributed by atoms with van der Waals surface area (Å²) in [5.41, 5.74) is -1.48. The fourth-order valence-corrected chi connectivity index (χ4v) is 5.81. The highest BCUT2D eigenvalue weighted by atomic mass is 35.5. The molecule has 9 nitrogen and oxygen atoms in total. The zero-order valence-electron chi connectivity index (χ0n) is 17.3. The maximum Gasteiger partial charge on any atom is 0.343 e. The van der Waals surface area contributed by atoms with Gasteiger partial charge in [-0.3, -0.25) is 14.9 Å². The van der Waals surface area contributed by atoms with Crippen LogP contribution in [0.5, 0.6) is 0 Å². The summed E-state index contributed by atoms with van der Waals surface area (Å²) >= 11 is 6.98. The molecule has 0 aliphatic rings. The molecule has 0 spiro atoms. The molecule has 0 aliphatic carbocycles. The van der Waals surface area contributed by atoms with Gasteiger partial charge in [0.2, 0.25) is 0 Å². The van der Waals surface area contributed by atoms with Crippen LogP contribution < -0.4 is 5.32 Å². The molecule has 0 saturated carbocycles. The van der Waals surface area contributed by atoms with Gasteiger partial charge in [0, 0.05) is 21.7 Å². The number of anilines is 1. The molecule has 0 saturated heterocycles. The van der Waals surface area contributed by atoms with Gasteiger partial charge in [-0.15, -0.1) is 11.8 Å². The van der Waals surface area contributed by atoms with E-state index in [4.69, 9.17) is 11.6 Å². The van der Waals surface area contributed by atoms with Crippen molar-refractivity contribution >= 4 is 56.5 Å². The van der Waals surface area contributed by atoms with E-state index in [1.807, 2.05) is 0 Å². The molecule has 3 rings (SSSR count). The van der Waals surface area contributed by atoms with Crippen LogP contribution in [0.15, 0.2) is 76.5 Å². The summed E-state index contributed by atoms with van der Waals surface area (Å²) in [7, 11) is -3.55. The number of carboxylic acids is 1. The molecule has 1 amide bonds. The lowest BCUT2D eigenvalue weighted by molar-refractivity contribution is -0.385. The minimum atomic E-state index is -3.55. The van der Waals surface area contributed by atoms with Gasteiger partial charge >= 0.3 is 5.97 Å². The monoisotopic (exact) mass is 520 g/mol. The summed E-state index contributed by atoms with van der Waals surface area (Å²) in [6, 6.07) is 15.8. The van der Waals surface area contributed by atoms with Crippen molar-refractivity contribution in [3.8, 4) is 0 Å². The lowest BCUT2D eigenvalue weighted by Gasteiger charge is -2.12. The van der Waals surface area contributed by atoms with Crippen LogP contribution in [0.1, 0.15) is 20.7 Å². The lowest BCUT2D eigenvalue weighted by Crippen LogP contribution is -2.18. The first-order chi connectivity index (χ1) is 16.1. The number of halogens is 1. The quantitative estimate of drug-likeness (QED) is 0.233. The molecule has 0 aliphatic heterocycles. The lowest BCUT2D eigenvalue weighted by atomic mass is 10.0. The number of thioether (sulfide) groups is 1. The highest BCUT2D eigenvalue weighted by molar-refractivity contribution is 8.00. The minimum absolute atomic E-state index is 0.144. The SMILES string of the molecule is O=C(Nc1ccccc1SCCS(=O)(=O)c1ccc(Cl)cc1)c1cccc([N+](=O)[O-])c1C(=O)O. The van der Waals surface area contributed by atoms with Gasteiger partial charge in [0.05, 0.1) is 26.8 Å². The van der Waals surface area contributed by atoms with Gasteiger partial charge in [-0.2, -0.15) is 0 Å². The number of para-hydroxylation sites is 1. The fourth-order valence-electron chi connectivity index (χ4n) is 3.01. The molecule has 176 valence electrons. The van der Waals surface area contributed by atoms with Crippen molar-refractivity contribution < 1.29 is 28.0 Å². The molecule has 3 aromatic rings. The maximum atomic E-state index is 12.8. The Morgan fingerprint density at radius 1 is 1.03 bits per heavy atom. The molecule has 0 heterocycles. The third kappa shape index (κ3) is 5.93. The molecule has 0 bridgehead atoms. The first kappa shape index (κ1) is 25.2. The normalized spacial score (nSPS) is 11.1. The van der Waals surface area contributed by atoms with E-state index in [1.54, 1.807) is 24.3 Å². The Hall–Kier alpha value is -3.41. The minimum Gasteiger partial charge on any atom is -0.477 e. The smallest absolute Gasteiger partial charge is 0.343 e. The standard InChI is InChI=1S/C22H17ClN2O7S2/c23-14-8-10-15(11-9-14)34(31,32)13-12-33-19-7-2-1-5-17(19)24-21(26)16-4-3-6-18(25(29)30)20(16)22(27)28/h1-11H,12-13H2,(H,24,26)(H,27,28). The van der Waals surface area contributed by atoms with Crippen molar-refractivity contribution in [3.05, 3.63) is 93.0 Å². The number of sulfone groups is 1. The Labute approximate surface area is 203 Å². The largest absolute Gasteiger partial charge is 0.477 e. The Kier molecular flexibility index (Phi) is 7.92. The number of nitro groups is 1. The first-order valence-electron chi connectivity index (χ1n) is 9.62. The summed E-state index contributed by atoms with van der Waals surface area (Å²) < 4.78 is 25.1. The van der Waals surface area contributed by atoms with Gasteiger partial charge in [-0.25, -0.2) is 13.2 Å². The van der Waals surface area contributed by atoms with Crippen molar-refractivity contribution in [2.45, 2.75) is 9.79 Å². The van der Waals surface area contributed by atoms with Crippen LogP contribution in [0.25, 0.3) is 0 Å². The number of amides is 1. The molecule has 2 N–H and O–H groups in total. The van der Waals surface area contributed by atoms with E-state index < -0.39 is 37.9 Å². The van der Waals surface area contributed by atoms with E-state index in [9.17, 15) is 33.2 Å². The Morgan fingerprint density at radius 2 is 1.71 bits per heavy atom. The maximum absolute atomic E-state index is 12.8. The van der Waals surface area contributed by atoms with Gasteiger partial charge < -0.3 is 10.4 Å². The van der Waals surface area contributed by atoms with Crippen molar-refractivity contribution in [2.24, 2.45) is 0 Å². The first-order valence-corrected chi connectivity index (χ1v) is 12.6. The van der Waals surface area contributed by atoms with E-state index in [2.05, 4.69) is 5.32 Å². The zero-order valence-corrected chi connectivity index (χ0v) is 19.7. The number of carboxylic acid groups (broad SMARTS) is 1. The van der Waals surface area contributed by atoms with Gasteiger partial charge in [-0.05, 0) is 42.5 Å². The van der Waals surface area contributed by atoms with Crippen LogP contribution in [-0.2, 0) is 9.84 Å². The van der Waals surface area contributed by atoms with Crippen LogP contribution in [0.4, 0.5) is 11.4 Å². The number of nitrogens with one attached hydrogen (secondary N) is 1. The number of carbonyl (C=O) groups is 2. The van der Waals surface area contributed by atoms with Gasteiger partial charge in [0.25, 0.3) is 11.6 Å². The molecule has 0 radical (unpaired) electrons. The average molecular weight is 521 g/mol. The van der Waals surface area contributed by atoms with Crippen molar-refractivity contribution in [3.63, 3.8) is 0 Å². The number of benzene rings is 3. The van der Waals surface area contributed by atoms with Crippen molar-refractivity contribution in [2.75, 3.05) is 16.8 Å². The van der Waals surface area contributed by atoms with Gasteiger partial charge in [0.1, 0.15) is 5.56 Å². The highest BCUT2D eigenvalue weighted by Gasteiger charge is 2.27.